The van der Waals surface area contributed by atoms with Crippen LogP contribution in [-0.4, -0.2) is 23.9 Å². The van der Waals surface area contributed by atoms with Crippen LogP contribution in [0.15, 0.2) is 12.2 Å². The van der Waals surface area contributed by atoms with Crippen molar-refractivity contribution in [2.45, 2.75) is 39.2 Å². The van der Waals surface area contributed by atoms with E-state index in [-0.39, 0.29) is 0 Å². The number of carbonyl (C=O) groups is 1. The summed E-state index contributed by atoms with van der Waals surface area (Å²) in [6.07, 6.45) is 5.03. The second-order valence-electron chi connectivity index (χ2n) is 2.90. The highest BCUT2D eigenvalue weighted by atomic mass is 17.1. The summed E-state index contributed by atoms with van der Waals surface area (Å²) in [5.41, 5.74) is 0. The Bertz CT molecular complexity index is 177. The monoisotopic (exact) mass is 202 g/mol. The smallest absolute Gasteiger partial charge is 0.330 e. The van der Waals surface area contributed by atoms with Crippen molar-refractivity contribution in [3.8, 4) is 0 Å². The molecule has 4 nitrogen and oxygen atoms in total. The molecule has 14 heavy (non-hydrogen) atoms. The molecular weight excluding hydrogens is 184 g/mol. The lowest BCUT2D eigenvalue weighted by Gasteiger charge is -2.06. The SMILES string of the molecule is CCCCC(/C=C/C(=O)OCC)OO. The molecule has 0 aromatic rings. The molecule has 0 radical (unpaired) electrons. The Balaban J connectivity index is 3.84. The lowest BCUT2D eigenvalue weighted by atomic mass is 10.1. The molecule has 0 amide bonds. The van der Waals surface area contributed by atoms with Gasteiger partial charge in [-0.2, -0.15) is 0 Å². The zero-order chi connectivity index (χ0) is 10.8. The molecule has 1 N–H and O–H groups in total. The summed E-state index contributed by atoms with van der Waals surface area (Å²) in [4.78, 5) is 15.1. The van der Waals surface area contributed by atoms with E-state index in [0.717, 1.165) is 12.8 Å². The molecule has 1 unspecified atom stereocenters. The normalized spacial score (nSPS) is 13.1. The zero-order valence-corrected chi connectivity index (χ0v) is 8.73. The quantitative estimate of drug-likeness (QED) is 0.297. The minimum absolute atomic E-state index is 0.350. The Labute approximate surface area is 84.4 Å². The third-order valence-electron chi connectivity index (χ3n) is 1.71. The van der Waals surface area contributed by atoms with Crippen molar-refractivity contribution in [1.82, 2.24) is 0 Å². The minimum atomic E-state index is -0.417. The summed E-state index contributed by atoms with van der Waals surface area (Å²) in [6.45, 7) is 4.13. The maximum absolute atomic E-state index is 10.9. The van der Waals surface area contributed by atoms with Crippen LogP contribution in [-0.2, 0) is 14.4 Å². The van der Waals surface area contributed by atoms with Crippen LogP contribution in [0.3, 0.4) is 0 Å². The van der Waals surface area contributed by atoms with Crippen molar-refractivity contribution in [2.24, 2.45) is 0 Å². The standard InChI is InChI=1S/C10H18O4/c1-3-5-6-9(14-12)7-8-10(11)13-4-2/h7-9,12H,3-6H2,1-2H3/b8-7+. The van der Waals surface area contributed by atoms with Crippen LogP contribution in [0.4, 0.5) is 0 Å². The molecule has 0 bridgehead atoms. The predicted octanol–water partition coefficient (Wildman–Crippen LogP) is 2.15. The Morgan fingerprint density at radius 1 is 1.50 bits per heavy atom. The summed E-state index contributed by atoms with van der Waals surface area (Å²) in [7, 11) is 0. The molecule has 0 aliphatic rings. The number of carbonyl (C=O) groups excluding carboxylic acids is 1. The summed E-state index contributed by atoms with van der Waals surface area (Å²) in [6, 6.07) is 0. The van der Waals surface area contributed by atoms with Gasteiger partial charge in [0, 0.05) is 6.08 Å². The van der Waals surface area contributed by atoms with E-state index in [9.17, 15) is 4.79 Å². The highest BCUT2D eigenvalue weighted by molar-refractivity contribution is 5.81. The summed E-state index contributed by atoms with van der Waals surface area (Å²) in [5, 5.41) is 8.49. The maximum Gasteiger partial charge on any atom is 0.330 e. The van der Waals surface area contributed by atoms with Crippen LogP contribution in [0.5, 0.6) is 0 Å². The van der Waals surface area contributed by atoms with Crippen molar-refractivity contribution in [3.63, 3.8) is 0 Å². The average Bonchev–Trinajstić information content (AvgIpc) is 2.19. The molecule has 0 saturated carbocycles. The molecule has 0 rings (SSSR count). The van der Waals surface area contributed by atoms with E-state index in [1.165, 1.54) is 12.2 Å². The molecule has 0 aliphatic heterocycles. The number of rotatable bonds is 7. The first-order chi connectivity index (χ1) is 6.74. The summed E-state index contributed by atoms with van der Waals surface area (Å²) in [5.74, 6) is -0.411. The molecule has 0 saturated heterocycles. The second-order valence-corrected chi connectivity index (χ2v) is 2.90. The van der Waals surface area contributed by atoms with Gasteiger partial charge in [0.15, 0.2) is 0 Å². The van der Waals surface area contributed by atoms with E-state index in [1.807, 2.05) is 6.92 Å². The van der Waals surface area contributed by atoms with E-state index >= 15 is 0 Å². The Hall–Kier alpha value is -0.870. The van der Waals surface area contributed by atoms with E-state index < -0.39 is 12.1 Å². The van der Waals surface area contributed by atoms with Gasteiger partial charge >= 0.3 is 5.97 Å². The number of hydrogen-bond acceptors (Lipinski definition) is 4. The molecule has 0 aromatic heterocycles. The van der Waals surface area contributed by atoms with E-state index in [2.05, 4.69) is 9.62 Å². The van der Waals surface area contributed by atoms with E-state index in [1.54, 1.807) is 6.92 Å². The molecule has 0 fully saturated rings. The first kappa shape index (κ1) is 13.1. The zero-order valence-electron chi connectivity index (χ0n) is 8.73. The van der Waals surface area contributed by atoms with Gasteiger partial charge in [-0.05, 0) is 19.4 Å². The van der Waals surface area contributed by atoms with Crippen molar-refractivity contribution in [1.29, 1.82) is 0 Å². The van der Waals surface area contributed by atoms with Gasteiger partial charge in [0.2, 0.25) is 0 Å². The lowest BCUT2D eigenvalue weighted by Crippen LogP contribution is -2.08. The molecule has 82 valence electrons. The topological polar surface area (TPSA) is 55.8 Å². The van der Waals surface area contributed by atoms with Crippen LogP contribution in [0, 0.1) is 0 Å². The number of esters is 1. The van der Waals surface area contributed by atoms with E-state index in [0.29, 0.717) is 13.0 Å². The lowest BCUT2D eigenvalue weighted by molar-refractivity contribution is -0.267. The molecule has 1 atom stereocenters. The van der Waals surface area contributed by atoms with Crippen LogP contribution in [0.1, 0.15) is 33.1 Å². The Morgan fingerprint density at radius 3 is 2.71 bits per heavy atom. The third kappa shape index (κ3) is 6.62. The van der Waals surface area contributed by atoms with Gasteiger partial charge in [0.25, 0.3) is 0 Å². The fourth-order valence-corrected chi connectivity index (χ4v) is 0.966. The third-order valence-corrected chi connectivity index (χ3v) is 1.71. The van der Waals surface area contributed by atoms with Crippen LogP contribution in [0.25, 0.3) is 0 Å². The van der Waals surface area contributed by atoms with Gasteiger partial charge in [-0.15, -0.1) is 0 Å². The second kappa shape index (κ2) is 8.72. The first-order valence-corrected chi connectivity index (χ1v) is 4.89. The Morgan fingerprint density at radius 2 is 2.21 bits per heavy atom. The van der Waals surface area contributed by atoms with Crippen molar-refractivity contribution in [3.05, 3.63) is 12.2 Å². The van der Waals surface area contributed by atoms with Crippen LogP contribution in [0.2, 0.25) is 0 Å². The van der Waals surface area contributed by atoms with Crippen LogP contribution >= 0.6 is 0 Å². The Kier molecular flexibility index (Phi) is 8.17. The van der Waals surface area contributed by atoms with Gasteiger partial charge in [0.1, 0.15) is 6.10 Å². The van der Waals surface area contributed by atoms with Crippen molar-refractivity contribution >= 4 is 5.97 Å². The fraction of sp³-hybridized carbons (Fsp3) is 0.700. The first-order valence-electron chi connectivity index (χ1n) is 4.89. The molecule has 0 spiro atoms. The van der Waals surface area contributed by atoms with Gasteiger partial charge in [-0.3, -0.25) is 5.26 Å². The number of hydrogen-bond donors (Lipinski definition) is 1. The minimum Gasteiger partial charge on any atom is -0.463 e. The molecule has 4 heteroatoms. The summed E-state index contributed by atoms with van der Waals surface area (Å²) < 4.78 is 4.68. The fourth-order valence-electron chi connectivity index (χ4n) is 0.966. The van der Waals surface area contributed by atoms with Gasteiger partial charge < -0.3 is 4.74 Å². The van der Waals surface area contributed by atoms with Crippen LogP contribution < -0.4 is 0 Å². The highest BCUT2D eigenvalue weighted by Crippen LogP contribution is 2.05. The molecular formula is C10H18O4. The van der Waals surface area contributed by atoms with Crippen molar-refractivity contribution < 1.29 is 19.7 Å². The van der Waals surface area contributed by atoms with Crippen molar-refractivity contribution in [2.75, 3.05) is 6.61 Å². The average molecular weight is 202 g/mol. The van der Waals surface area contributed by atoms with Gasteiger partial charge in [-0.25, -0.2) is 9.68 Å². The van der Waals surface area contributed by atoms with Gasteiger partial charge in [-0.1, -0.05) is 19.8 Å². The predicted molar refractivity (Wildman–Crippen MR) is 52.8 cm³/mol. The van der Waals surface area contributed by atoms with Gasteiger partial charge in [0.05, 0.1) is 6.61 Å². The largest absolute Gasteiger partial charge is 0.463 e. The maximum atomic E-state index is 10.9. The summed E-state index contributed by atoms with van der Waals surface area (Å²) >= 11 is 0. The van der Waals surface area contributed by atoms with E-state index in [4.69, 9.17) is 5.26 Å². The molecule has 0 heterocycles. The molecule has 0 aliphatic carbocycles. The number of unbranched alkanes of at least 4 members (excludes halogenated alkanes) is 1. The molecule has 0 aromatic carbocycles. The highest BCUT2D eigenvalue weighted by Gasteiger charge is 2.04. The number of ether oxygens (including phenoxy) is 1.